The lowest BCUT2D eigenvalue weighted by Crippen LogP contribution is -1.95. The first kappa shape index (κ1) is 16.8. The first-order valence-electron chi connectivity index (χ1n) is 8.25. The van der Waals surface area contributed by atoms with Crippen molar-refractivity contribution in [2.45, 2.75) is 71.6 Å². The molecule has 0 aliphatic heterocycles. The van der Waals surface area contributed by atoms with E-state index in [1.54, 1.807) is 0 Å². The van der Waals surface area contributed by atoms with E-state index in [-0.39, 0.29) is 0 Å². The summed E-state index contributed by atoms with van der Waals surface area (Å²) in [6.07, 6.45) is 12.0. The minimum atomic E-state index is 0.759. The molecule has 1 atom stereocenters. The van der Waals surface area contributed by atoms with E-state index in [1.165, 1.54) is 56.9 Å². The standard InChI is InChI=1S/C19H29N/c1-3-4-6-9-17(2)10-7-5-8-11-18-12-14-19(16-20)15-13-18/h12-15,17H,3-11H2,1-2H3. The van der Waals surface area contributed by atoms with Gasteiger partial charge in [0.05, 0.1) is 11.6 Å². The Morgan fingerprint density at radius 1 is 0.950 bits per heavy atom. The predicted molar refractivity (Wildman–Crippen MR) is 86.6 cm³/mol. The van der Waals surface area contributed by atoms with Crippen LogP contribution in [0.3, 0.4) is 0 Å². The number of nitrogens with zero attached hydrogens (tertiary/aromatic N) is 1. The van der Waals surface area contributed by atoms with Crippen LogP contribution in [0, 0.1) is 17.2 Å². The number of nitriles is 1. The van der Waals surface area contributed by atoms with Crippen molar-refractivity contribution in [3.05, 3.63) is 35.4 Å². The average molecular weight is 271 g/mol. The molecule has 1 nitrogen and oxygen atoms in total. The highest BCUT2D eigenvalue weighted by Gasteiger charge is 2.02. The van der Waals surface area contributed by atoms with E-state index in [9.17, 15) is 0 Å². The molecule has 0 fully saturated rings. The van der Waals surface area contributed by atoms with Crippen LogP contribution in [0.25, 0.3) is 0 Å². The van der Waals surface area contributed by atoms with Crippen molar-refractivity contribution in [3.63, 3.8) is 0 Å². The van der Waals surface area contributed by atoms with E-state index >= 15 is 0 Å². The fourth-order valence-electron chi connectivity index (χ4n) is 2.63. The van der Waals surface area contributed by atoms with Gasteiger partial charge in [-0.15, -0.1) is 0 Å². The molecule has 1 unspecified atom stereocenters. The van der Waals surface area contributed by atoms with Crippen molar-refractivity contribution in [2.75, 3.05) is 0 Å². The number of hydrogen-bond donors (Lipinski definition) is 0. The molecule has 1 aromatic rings. The van der Waals surface area contributed by atoms with Gasteiger partial charge in [0.15, 0.2) is 0 Å². The summed E-state index contributed by atoms with van der Waals surface area (Å²) in [4.78, 5) is 0. The lowest BCUT2D eigenvalue weighted by molar-refractivity contribution is 0.440. The van der Waals surface area contributed by atoms with Crippen LogP contribution >= 0.6 is 0 Å². The molecule has 1 rings (SSSR count). The molecule has 0 saturated heterocycles. The maximum Gasteiger partial charge on any atom is 0.0991 e. The zero-order valence-electron chi connectivity index (χ0n) is 13.2. The van der Waals surface area contributed by atoms with Crippen molar-refractivity contribution in [1.29, 1.82) is 5.26 Å². The molecule has 110 valence electrons. The minimum Gasteiger partial charge on any atom is -0.192 e. The Morgan fingerprint density at radius 3 is 2.20 bits per heavy atom. The molecule has 1 aromatic carbocycles. The zero-order chi connectivity index (χ0) is 14.6. The molecule has 1 heteroatoms. The van der Waals surface area contributed by atoms with E-state index in [2.05, 4.69) is 32.0 Å². The second-order valence-corrected chi connectivity index (χ2v) is 6.01. The van der Waals surface area contributed by atoms with Crippen LogP contribution in [-0.4, -0.2) is 0 Å². The third-order valence-corrected chi connectivity index (χ3v) is 4.05. The lowest BCUT2D eigenvalue weighted by atomic mass is 9.96. The topological polar surface area (TPSA) is 23.8 Å². The normalized spacial score (nSPS) is 12.1. The van der Waals surface area contributed by atoms with Gasteiger partial charge < -0.3 is 0 Å². The first-order chi connectivity index (χ1) is 9.76. The van der Waals surface area contributed by atoms with Crippen LogP contribution in [0.15, 0.2) is 24.3 Å². The van der Waals surface area contributed by atoms with Crippen molar-refractivity contribution < 1.29 is 0 Å². The zero-order valence-corrected chi connectivity index (χ0v) is 13.2. The Bertz CT molecular complexity index is 385. The smallest absolute Gasteiger partial charge is 0.0991 e. The van der Waals surface area contributed by atoms with E-state index in [4.69, 9.17) is 5.26 Å². The van der Waals surface area contributed by atoms with Gasteiger partial charge in [0.1, 0.15) is 0 Å². The fourth-order valence-corrected chi connectivity index (χ4v) is 2.63. The van der Waals surface area contributed by atoms with E-state index in [0.717, 1.165) is 17.9 Å². The van der Waals surface area contributed by atoms with E-state index < -0.39 is 0 Å². The van der Waals surface area contributed by atoms with E-state index in [1.807, 2.05) is 12.1 Å². The SMILES string of the molecule is CCCCCC(C)CCCCCc1ccc(C#N)cc1. The number of benzene rings is 1. The van der Waals surface area contributed by atoms with Crippen molar-refractivity contribution in [3.8, 4) is 6.07 Å². The van der Waals surface area contributed by atoms with Crippen LogP contribution in [0.4, 0.5) is 0 Å². The highest BCUT2D eigenvalue weighted by atomic mass is 14.2. The molecule has 0 heterocycles. The van der Waals surface area contributed by atoms with Crippen LogP contribution < -0.4 is 0 Å². The molecule has 0 amide bonds. The molecule has 0 aromatic heterocycles. The molecule has 0 spiro atoms. The average Bonchev–Trinajstić information content (AvgIpc) is 2.48. The summed E-state index contributed by atoms with van der Waals surface area (Å²) in [6, 6.07) is 10.2. The number of hydrogen-bond acceptors (Lipinski definition) is 1. The van der Waals surface area contributed by atoms with E-state index in [0.29, 0.717) is 0 Å². The highest BCUT2D eigenvalue weighted by molar-refractivity contribution is 5.31. The van der Waals surface area contributed by atoms with Crippen LogP contribution in [0.1, 0.15) is 76.3 Å². The van der Waals surface area contributed by atoms with Gasteiger partial charge in [0, 0.05) is 0 Å². The number of aryl methyl sites for hydroxylation is 1. The number of unbranched alkanes of at least 4 members (excludes halogenated alkanes) is 4. The second-order valence-electron chi connectivity index (χ2n) is 6.01. The Hall–Kier alpha value is -1.29. The number of rotatable bonds is 10. The maximum atomic E-state index is 8.75. The predicted octanol–water partition coefficient (Wildman–Crippen LogP) is 5.88. The van der Waals surface area contributed by atoms with Crippen LogP contribution in [0.5, 0.6) is 0 Å². The molecular weight excluding hydrogens is 242 g/mol. The third-order valence-electron chi connectivity index (χ3n) is 4.05. The maximum absolute atomic E-state index is 8.75. The van der Waals surface area contributed by atoms with Gasteiger partial charge in [-0.3, -0.25) is 0 Å². The van der Waals surface area contributed by atoms with Crippen molar-refractivity contribution in [1.82, 2.24) is 0 Å². The molecule has 0 bridgehead atoms. The summed E-state index contributed by atoms with van der Waals surface area (Å²) < 4.78 is 0. The fraction of sp³-hybridized carbons (Fsp3) is 0.632. The summed E-state index contributed by atoms with van der Waals surface area (Å²) in [6.45, 7) is 4.67. The van der Waals surface area contributed by atoms with Crippen LogP contribution in [-0.2, 0) is 6.42 Å². The van der Waals surface area contributed by atoms with Gasteiger partial charge in [-0.25, -0.2) is 0 Å². The molecule has 0 aliphatic carbocycles. The molecular formula is C19H29N. The summed E-state index contributed by atoms with van der Waals surface area (Å²) in [5.74, 6) is 0.900. The van der Waals surface area contributed by atoms with Gasteiger partial charge in [-0.1, -0.05) is 70.9 Å². The molecule has 0 aliphatic rings. The minimum absolute atomic E-state index is 0.759. The molecule has 20 heavy (non-hydrogen) atoms. The monoisotopic (exact) mass is 271 g/mol. The van der Waals surface area contributed by atoms with Crippen molar-refractivity contribution >= 4 is 0 Å². The first-order valence-corrected chi connectivity index (χ1v) is 8.25. The van der Waals surface area contributed by atoms with Gasteiger partial charge in [0.2, 0.25) is 0 Å². The molecule has 0 N–H and O–H groups in total. The Kier molecular flexibility index (Phi) is 8.79. The Labute approximate surface area is 125 Å². The Balaban J connectivity index is 2.05. The second kappa shape index (κ2) is 10.5. The summed E-state index contributed by atoms with van der Waals surface area (Å²) in [7, 11) is 0. The molecule has 0 saturated carbocycles. The van der Waals surface area contributed by atoms with Gasteiger partial charge in [-0.2, -0.15) is 5.26 Å². The summed E-state index contributed by atoms with van der Waals surface area (Å²) >= 11 is 0. The summed E-state index contributed by atoms with van der Waals surface area (Å²) in [5.41, 5.74) is 2.12. The quantitative estimate of drug-likeness (QED) is 0.488. The van der Waals surface area contributed by atoms with Crippen molar-refractivity contribution in [2.24, 2.45) is 5.92 Å². The largest absolute Gasteiger partial charge is 0.192 e. The van der Waals surface area contributed by atoms with Gasteiger partial charge >= 0.3 is 0 Å². The summed E-state index contributed by atoms with van der Waals surface area (Å²) in [5, 5.41) is 8.75. The van der Waals surface area contributed by atoms with Crippen LogP contribution in [0.2, 0.25) is 0 Å². The highest BCUT2D eigenvalue weighted by Crippen LogP contribution is 2.17. The lowest BCUT2D eigenvalue weighted by Gasteiger charge is -2.10. The Morgan fingerprint density at radius 2 is 1.60 bits per heavy atom. The molecule has 0 radical (unpaired) electrons. The third kappa shape index (κ3) is 7.34. The van der Waals surface area contributed by atoms with Gasteiger partial charge in [0.25, 0.3) is 0 Å². The van der Waals surface area contributed by atoms with Gasteiger partial charge in [-0.05, 0) is 36.5 Å².